The van der Waals surface area contributed by atoms with Crippen molar-refractivity contribution < 1.29 is 17.9 Å². The molecule has 1 unspecified atom stereocenters. The van der Waals surface area contributed by atoms with Gasteiger partial charge < -0.3 is 10.1 Å². The molecule has 30 heavy (non-hydrogen) atoms. The topological polar surface area (TPSA) is 75.7 Å². The van der Waals surface area contributed by atoms with Crippen LogP contribution in [-0.2, 0) is 14.8 Å². The van der Waals surface area contributed by atoms with E-state index >= 15 is 0 Å². The average molecular weight is 453 g/mol. The van der Waals surface area contributed by atoms with Gasteiger partial charge in [-0.25, -0.2) is 8.42 Å². The summed E-state index contributed by atoms with van der Waals surface area (Å²) in [6, 6.07) is 13.9. The first-order chi connectivity index (χ1) is 14.1. The molecule has 0 aromatic heterocycles. The van der Waals surface area contributed by atoms with Gasteiger partial charge in [0.2, 0.25) is 10.0 Å². The number of carbonyl (C=O) groups is 1. The zero-order valence-electron chi connectivity index (χ0n) is 17.8. The van der Waals surface area contributed by atoms with Crippen molar-refractivity contribution in [1.82, 2.24) is 9.62 Å². The highest BCUT2D eigenvalue weighted by Gasteiger charge is 2.25. The van der Waals surface area contributed by atoms with Gasteiger partial charge in [0, 0.05) is 26.2 Å². The largest absolute Gasteiger partial charge is 0.374 e. The molecule has 0 aliphatic rings. The summed E-state index contributed by atoms with van der Waals surface area (Å²) in [5.41, 5.74) is 1.23. The normalized spacial score (nSPS) is 12.9. The van der Waals surface area contributed by atoms with Crippen molar-refractivity contribution in [3.05, 3.63) is 64.7 Å². The lowest BCUT2D eigenvalue weighted by atomic mass is 10.1. The van der Waals surface area contributed by atoms with Gasteiger partial charge in [-0.05, 0) is 51.0 Å². The van der Waals surface area contributed by atoms with Crippen molar-refractivity contribution in [2.75, 3.05) is 20.2 Å². The van der Waals surface area contributed by atoms with Crippen molar-refractivity contribution in [2.24, 2.45) is 0 Å². The molecule has 8 heteroatoms. The number of carbonyl (C=O) groups excluding carboxylic acids is 1. The average Bonchev–Trinajstić information content (AvgIpc) is 2.73. The van der Waals surface area contributed by atoms with Crippen LogP contribution < -0.4 is 5.32 Å². The molecule has 2 aromatic carbocycles. The molecule has 0 aliphatic heterocycles. The molecular weight excluding hydrogens is 424 g/mol. The number of hydrogen-bond donors (Lipinski definition) is 1. The fourth-order valence-electron chi connectivity index (χ4n) is 2.73. The van der Waals surface area contributed by atoms with Crippen LogP contribution in [0.15, 0.2) is 53.4 Å². The lowest BCUT2D eigenvalue weighted by Gasteiger charge is -2.21. The zero-order valence-corrected chi connectivity index (χ0v) is 19.3. The number of benzene rings is 2. The number of amides is 1. The van der Waals surface area contributed by atoms with Gasteiger partial charge in [0.15, 0.2) is 0 Å². The molecule has 1 N–H and O–H groups in total. The van der Waals surface area contributed by atoms with Crippen LogP contribution >= 0.6 is 11.6 Å². The van der Waals surface area contributed by atoms with E-state index in [1.165, 1.54) is 29.6 Å². The third kappa shape index (κ3) is 6.28. The number of hydrogen-bond acceptors (Lipinski definition) is 4. The lowest BCUT2D eigenvalue weighted by molar-refractivity contribution is 0.0635. The first kappa shape index (κ1) is 24.3. The summed E-state index contributed by atoms with van der Waals surface area (Å²) < 4.78 is 32.4. The second kappa shape index (κ2) is 10.9. The third-order valence-electron chi connectivity index (χ3n) is 4.83. The Hall–Kier alpha value is -1.93. The van der Waals surface area contributed by atoms with E-state index in [2.05, 4.69) is 5.32 Å². The van der Waals surface area contributed by atoms with E-state index in [4.69, 9.17) is 16.3 Å². The summed E-state index contributed by atoms with van der Waals surface area (Å²) in [7, 11) is -2.20. The molecule has 1 atom stereocenters. The van der Waals surface area contributed by atoms with Crippen molar-refractivity contribution >= 4 is 27.5 Å². The SMILES string of the molecule is CC(OCCCNC(=O)c1cc(S(=O)(=O)N(C)C(C)C)ccc1Cl)c1ccccc1. The van der Waals surface area contributed by atoms with Crippen LogP contribution in [0.25, 0.3) is 0 Å². The van der Waals surface area contributed by atoms with Crippen LogP contribution in [0.5, 0.6) is 0 Å². The summed E-state index contributed by atoms with van der Waals surface area (Å²) >= 11 is 6.14. The number of sulfonamides is 1. The molecule has 1 amide bonds. The Morgan fingerprint density at radius 3 is 2.43 bits per heavy atom. The summed E-state index contributed by atoms with van der Waals surface area (Å²) in [5.74, 6) is -0.416. The molecule has 0 aliphatic carbocycles. The Kier molecular flexibility index (Phi) is 8.85. The molecular formula is C22H29ClN2O4S. The van der Waals surface area contributed by atoms with Crippen molar-refractivity contribution in [3.63, 3.8) is 0 Å². The Bertz CT molecular complexity index is 949. The summed E-state index contributed by atoms with van der Waals surface area (Å²) in [4.78, 5) is 12.6. The second-order valence-electron chi connectivity index (χ2n) is 7.29. The second-order valence-corrected chi connectivity index (χ2v) is 9.69. The predicted octanol–water partition coefficient (Wildman–Crippen LogP) is 4.27. The van der Waals surface area contributed by atoms with E-state index in [0.29, 0.717) is 19.6 Å². The maximum absolute atomic E-state index is 12.7. The summed E-state index contributed by atoms with van der Waals surface area (Å²) in [5, 5.41) is 2.97. The molecule has 6 nitrogen and oxygen atoms in total. The van der Waals surface area contributed by atoms with E-state index in [0.717, 1.165) is 5.56 Å². The fourth-order valence-corrected chi connectivity index (χ4v) is 4.33. The standard InChI is InChI=1S/C22H29ClN2O4S/c1-16(2)25(4)30(27,28)19-11-12-21(23)20(15-19)22(26)24-13-8-14-29-17(3)18-9-6-5-7-10-18/h5-7,9-12,15-17H,8,13-14H2,1-4H3,(H,24,26). The number of halogens is 1. The molecule has 0 radical (unpaired) electrons. The lowest BCUT2D eigenvalue weighted by Crippen LogP contribution is -2.33. The summed E-state index contributed by atoms with van der Waals surface area (Å²) in [6.07, 6.45) is 0.588. The molecule has 0 heterocycles. The van der Waals surface area contributed by atoms with E-state index in [9.17, 15) is 13.2 Å². The molecule has 0 saturated heterocycles. The van der Waals surface area contributed by atoms with Gasteiger partial charge in [-0.3, -0.25) is 4.79 Å². The fraction of sp³-hybridized carbons (Fsp3) is 0.409. The van der Waals surface area contributed by atoms with Crippen LogP contribution in [0.3, 0.4) is 0 Å². The van der Waals surface area contributed by atoms with Gasteiger partial charge in [0.05, 0.1) is 21.6 Å². The predicted molar refractivity (Wildman–Crippen MR) is 119 cm³/mol. The van der Waals surface area contributed by atoms with Crippen LogP contribution in [0.2, 0.25) is 5.02 Å². The van der Waals surface area contributed by atoms with Crippen LogP contribution in [-0.4, -0.2) is 44.9 Å². The van der Waals surface area contributed by atoms with Crippen molar-refractivity contribution in [1.29, 1.82) is 0 Å². The highest BCUT2D eigenvalue weighted by Crippen LogP contribution is 2.23. The smallest absolute Gasteiger partial charge is 0.252 e. The van der Waals surface area contributed by atoms with Crippen LogP contribution in [0.1, 0.15) is 49.2 Å². The molecule has 164 valence electrons. The van der Waals surface area contributed by atoms with E-state index in [1.54, 1.807) is 13.8 Å². The Morgan fingerprint density at radius 1 is 1.13 bits per heavy atom. The Morgan fingerprint density at radius 2 is 1.80 bits per heavy atom. The zero-order chi connectivity index (χ0) is 22.3. The van der Waals surface area contributed by atoms with E-state index in [1.807, 2.05) is 37.3 Å². The van der Waals surface area contributed by atoms with Crippen molar-refractivity contribution in [2.45, 2.75) is 44.2 Å². The van der Waals surface area contributed by atoms with Gasteiger partial charge >= 0.3 is 0 Å². The monoisotopic (exact) mass is 452 g/mol. The summed E-state index contributed by atoms with van der Waals surface area (Å²) in [6.45, 7) is 6.41. The molecule has 2 rings (SSSR count). The third-order valence-corrected chi connectivity index (χ3v) is 7.19. The van der Waals surface area contributed by atoms with Gasteiger partial charge in [-0.15, -0.1) is 0 Å². The van der Waals surface area contributed by atoms with Gasteiger partial charge in [-0.1, -0.05) is 41.9 Å². The minimum absolute atomic E-state index is 0.0313. The highest BCUT2D eigenvalue weighted by molar-refractivity contribution is 7.89. The van der Waals surface area contributed by atoms with Gasteiger partial charge in [0.25, 0.3) is 5.91 Å². The first-order valence-corrected chi connectivity index (χ1v) is 11.7. The number of ether oxygens (including phenoxy) is 1. The quantitative estimate of drug-likeness (QED) is 0.546. The maximum Gasteiger partial charge on any atom is 0.252 e. The minimum Gasteiger partial charge on any atom is -0.374 e. The Balaban J connectivity index is 1.92. The highest BCUT2D eigenvalue weighted by atomic mass is 35.5. The van der Waals surface area contributed by atoms with Crippen LogP contribution in [0, 0.1) is 0 Å². The maximum atomic E-state index is 12.7. The molecule has 0 saturated carbocycles. The van der Waals surface area contributed by atoms with Gasteiger partial charge in [0.1, 0.15) is 0 Å². The number of nitrogens with zero attached hydrogens (tertiary/aromatic N) is 1. The first-order valence-electron chi connectivity index (χ1n) is 9.87. The minimum atomic E-state index is -3.70. The molecule has 0 spiro atoms. The Labute approximate surface area is 184 Å². The van der Waals surface area contributed by atoms with Gasteiger partial charge in [-0.2, -0.15) is 4.31 Å². The van der Waals surface area contributed by atoms with E-state index in [-0.39, 0.29) is 27.6 Å². The number of nitrogens with one attached hydrogen (secondary N) is 1. The van der Waals surface area contributed by atoms with Crippen LogP contribution in [0.4, 0.5) is 0 Å². The number of rotatable bonds is 10. The molecule has 2 aromatic rings. The molecule has 0 fully saturated rings. The van der Waals surface area contributed by atoms with Crippen molar-refractivity contribution in [3.8, 4) is 0 Å². The molecule has 0 bridgehead atoms. The van der Waals surface area contributed by atoms with E-state index < -0.39 is 15.9 Å².